The molecule has 0 saturated heterocycles. The van der Waals surface area contributed by atoms with Crippen LogP contribution >= 0.6 is 0 Å². The molecule has 0 spiro atoms. The first kappa shape index (κ1) is 14.4. The van der Waals surface area contributed by atoms with E-state index < -0.39 is 5.41 Å². The SMILES string of the molecule is CC(C)N1CCCc2c(C#CC(C)(C)C#N)cncc21. The van der Waals surface area contributed by atoms with Gasteiger partial charge in [-0.25, -0.2) is 0 Å². The van der Waals surface area contributed by atoms with Gasteiger partial charge in [0, 0.05) is 24.3 Å². The van der Waals surface area contributed by atoms with Crippen molar-refractivity contribution in [1.29, 1.82) is 5.26 Å². The third-order valence-corrected chi connectivity index (χ3v) is 3.58. The summed E-state index contributed by atoms with van der Waals surface area (Å²) in [5.74, 6) is 6.21. The van der Waals surface area contributed by atoms with E-state index in [4.69, 9.17) is 5.26 Å². The van der Waals surface area contributed by atoms with Crippen LogP contribution in [0.25, 0.3) is 0 Å². The zero-order chi connectivity index (χ0) is 14.8. The van der Waals surface area contributed by atoms with Crippen LogP contribution in [0.4, 0.5) is 5.69 Å². The Labute approximate surface area is 121 Å². The third kappa shape index (κ3) is 2.94. The number of rotatable bonds is 1. The number of pyridine rings is 1. The molecule has 0 saturated carbocycles. The van der Waals surface area contributed by atoms with Gasteiger partial charge in [-0.05, 0) is 46.1 Å². The summed E-state index contributed by atoms with van der Waals surface area (Å²) in [6.07, 6.45) is 5.95. The van der Waals surface area contributed by atoms with Crippen LogP contribution in [0.2, 0.25) is 0 Å². The first-order chi connectivity index (χ1) is 9.44. The smallest absolute Gasteiger partial charge is 0.112 e. The molecule has 0 unspecified atom stereocenters. The summed E-state index contributed by atoms with van der Waals surface area (Å²) in [6.45, 7) is 9.15. The van der Waals surface area contributed by atoms with Crippen molar-refractivity contribution in [1.82, 2.24) is 4.98 Å². The van der Waals surface area contributed by atoms with Gasteiger partial charge in [0.15, 0.2) is 0 Å². The molecule has 1 aromatic rings. The summed E-state index contributed by atoms with van der Waals surface area (Å²) in [5, 5.41) is 9.05. The van der Waals surface area contributed by atoms with Crippen LogP contribution in [0.3, 0.4) is 0 Å². The summed E-state index contributed by atoms with van der Waals surface area (Å²) < 4.78 is 0. The average molecular weight is 267 g/mol. The van der Waals surface area contributed by atoms with Gasteiger partial charge >= 0.3 is 0 Å². The van der Waals surface area contributed by atoms with Crippen LogP contribution in [-0.4, -0.2) is 17.6 Å². The Morgan fingerprint density at radius 3 is 2.75 bits per heavy atom. The van der Waals surface area contributed by atoms with Crippen molar-refractivity contribution < 1.29 is 0 Å². The Morgan fingerprint density at radius 2 is 2.10 bits per heavy atom. The highest BCUT2D eigenvalue weighted by Gasteiger charge is 2.21. The molecule has 1 aliphatic heterocycles. The fourth-order valence-electron chi connectivity index (χ4n) is 2.43. The predicted molar refractivity (Wildman–Crippen MR) is 81.3 cm³/mol. The van der Waals surface area contributed by atoms with E-state index in [1.807, 2.05) is 26.2 Å². The predicted octanol–water partition coefficient (Wildman–Crippen LogP) is 3.14. The van der Waals surface area contributed by atoms with Crippen LogP contribution < -0.4 is 4.90 Å². The molecule has 0 radical (unpaired) electrons. The number of hydrogen-bond donors (Lipinski definition) is 0. The molecule has 3 nitrogen and oxygen atoms in total. The molecule has 0 bridgehead atoms. The number of hydrogen-bond acceptors (Lipinski definition) is 3. The molecule has 0 amide bonds. The standard InChI is InChI=1S/C17H21N3/c1-13(2)20-9-5-6-15-14(10-19-11-16(15)20)7-8-17(3,4)12-18/h10-11,13H,5-6,9H2,1-4H3. The van der Waals surface area contributed by atoms with Crippen molar-refractivity contribution in [3.63, 3.8) is 0 Å². The molecule has 0 aromatic carbocycles. The van der Waals surface area contributed by atoms with Crippen LogP contribution in [0.1, 0.15) is 45.2 Å². The molecule has 0 atom stereocenters. The van der Waals surface area contributed by atoms with Crippen molar-refractivity contribution in [3.8, 4) is 17.9 Å². The van der Waals surface area contributed by atoms with Crippen molar-refractivity contribution in [2.45, 2.75) is 46.6 Å². The van der Waals surface area contributed by atoms with E-state index in [1.54, 1.807) is 0 Å². The van der Waals surface area contributed by atoms with Crippen LogP contribution in [0.15, 0.2) is 12.4 Å². The number of fused-ring (bicyclic) bond motifs is 1. The average Bonchev–Trinajstić information content (AvgIpc) is 2.44. The van der Waals surface area contributed by atoms with Crippen molar-refractivity contribution in [3.05, 3.63) is 23.5 Å². The van der Waals surface area contributed by atoms with Gasteiger partial charge in [0.2, 0.25) is 0 Å². The summed E-state index contributed by atoms with van der Waals surface area (Å²) in [6, 6.07) is 2.68. The molecule has 2 heterocycles. The van der Waals surface area contributed by atoms with Crippen molar-refractivity contribution in [2.24, 2.45) is 5.41 Å². The Balaban J connectivity index is 2.43. The molecule has 2 rings (SSSR count). The van der Waals surface area contributed by atoms with Crippen LogP contribution in [-0.2, 0) is 6.42 Å². The molecular formula is C17H21N3. The van der Waals surface area contributed by atoms with Crippen molar-refractivity contribution in [2.75, 3.05) is 11.4 Å². The first-order valence-corrected chi connectivity index (χ1v) is 7.12. The maximum absolute atomic E-state index is 9.05. The maximum Gasteiger partial charge on any atom is 0.112 e. The highest BCUT2D eigenvalue weighted by atomic mass is 15.2. The third-order valence-electron chi connectivity index (χ3n) is 3.58. The zero-order valence-electron chi connectivity index (χ0n) is 12.7. The highest BCUT2D eigenvalue weighted by Crippen LogP contribution is 2.30. The molecule has 0 aliphatic carbocycles. The molecule has 20 heavy (non-hydrogen) atoms. The fourth-order valence-corrected chi connectivity index (χ4v) is 2.43. The Morgan fingerprint density at radius 1 is 1.35 bits per heavy atom. The van der Waals surface area contributed by atoms with Gasteiger partial charge in [-0.3, -0.25) is 4.98 Å². The minimum Gasteiger partial charge on any atom is -0.368 e. The molecule has 1 aliphatic rings. The second-order valence-electron chi connectivity index (χ2n) is 6.06. The van der Waals surface area contributed by atoms with Gasteiger partial charge in [-0.15, -0.1) is 0 Å². The van der Waals surface area contributed by atoms with Gasteiger partial charge in [0.1, 0.15) is 5.41 Å². The van der Waals surface area contributed by atoms with E-state index in [2.05, 4.69) is 41.6 Å². The monoisotopic (exact) mass is 267 g/mol. The van der Waals surface area contributed by atoms with Gasteiger partial charge < -0.3 is 4.90 Å². The lowest BCUT2D eigenvalue weighted by Gasteiger charge is -2.34. The number of aromatic nitrogens is 1. The van der Waals surface area contributed by atoms with E-state index >= 15 is 0 Å². The quantitative estimate of drug-likeness (QED) is 0.734. The Bertz CT molecular complexity index is 597. The topological polar surface area (TPSA) is 39.9 Å². The fraction of sp³-hybridized carbons (Fsp3) is 0.529. The minimum atomic E-state index is -0.616. The second kappa shape index (κ2) is 5.55. The Kier molecular flexibility index (Phi) is 4.00. The van der Waals surface area contributed by atoms with Gasteiger partial charge in [0.25, 0.3) is 0 Å². The number of anilines is 1. The van der Waals surface area contributed by atoms with Gasteiger partial charge in [-0.1, -0.05) is 11.8 Å². The molecular weight excluding hydrogens is 246 g/mol. The lowest BCUT2D eigenvalue weighted by Crippen LogP contribution is -2.35. The molecule has 1 aromatic heterocycles. The second-order valence-corrected chi connectivity index (χ2v) is 6.06. The van der Waals surface area contributed by atoms with E-state index in [0.29, 0.717) is 6.04 Å². The number of nitriles is 1. The van der Waals surface area contributed by atoms with E-state index in [0.717, 1.165) is 24.9 Å². The molecule has 3 heteroatoms. The largest absolute Gasteiger partial charge is 0.368 e. The normalized spacial score (nSPS) is 14.3. The molecule has 0 N–H and O–H groups in total. The van der Waals surface area contributed by atoms with E-state index in [9.17, 15) is 0 Å². The number of nitrogens with zero attached hydrogens (tertiary/aromatic N) is 3. The van der Waals surface area contributed by atoms with E-state index in [-0.39, 0.29) is 0 Å². The maximum atomic E-state index is 9.05. The summed E-state index contributed by atoms with van der Waals surface area (Å²) >= 11 is 0. The summed E-state index contributed by atoms with van der Waals surface area (Å²) in [5.41, 5.74) is 2.83. The van der Waals surface area contributed by atoms with Gasteiger partial charge in [-0.2, -0.15) is 5.26 Å². The van der Waals surface area contributed by atoms with Crippen molar-refractivity contribution >= 4 is 5.69 Å². The summed E-state index contributed by atoms with van der Waals surface area (Å²) in [4.78, 5) is 6.71. The van der Waals surface area contributed by atoms with Crippen LogP contribution in [0, 0.1) is 28.6 Å². The molecule has 0 fully saturated rings. The van der Waals surface area contributed by atoms with Gasteiger partial charge in [0.05, 0.1) is 18.0 Å². The zero-order valence-corrected chi connectivity index (χ0v) is 12.7. The highest BCUT2D eigenvalue weighted by molar-refractivity contribution is 5.61. The van der Waals surface area contributed by atoms with Crippen LogP contribution in [0.5, 0.6) is 0 Å². The Hall–Kier alpha value is -2.00. The first-order valence-electron chi connectivity index (χ1n) is 7.12. The summed E-state index contributed by atoms with van der Waals surface area (Å²) in [7, 11) is 0. The molecule has 104 valence electrons. The van der Waals surface area contributed by atoms with E-state index in [1.165, 1.54) is 11.3 Å². The lowest BCUT2D eigenvalue weighted by molar-refractivity contribution is 0.623. The lowest BCUT2D eigenvalue weighted by atomic mass is 9.94. The minimum absolute atomic E-state index is 0.467.